The van der Waals surface area contributed by atoms with Crippen LogP contribution >= 0.6 is 15.9 Å². The highest BCUT2D eigenvalue weighted by atomic mass is 79.9. The summed E-state index contributed by atoms with van der Waals surface area (Å²) in [5, 5.41) is 4.14. The molecule has 1 heterocycles. The van der Waals surface area contributed by atoms with Crippen molar-refractivity contribution >= 4 is 15.9 Å². The Morgan fingerprint density at radius 2 is 1.96 bits per heavy atom. The summed E-state index contributed by atoms with van der Waals surface area (Å²) in [5.74, 6) is 2.16. The predicted octanol–water partition coefficient (Wildman–Crippen LogP) is 4.67. The normalized spacial score (nSPS) is 14.0. The third-order valence-corrected chi connectivity index (χ3v) is 4.99. The molecule has 0 saturated heterocycles. The number of benzene rings is 2. The van der Waals surface area contributed by atoms with Crippen LogP contribution in [0.3, 0.4) is 0 Å². The molecule has 134 valence electrons. The van der Waals surface area contributed by atoms with Crippen molar-refractivity contribution in [3.05, 3.63) is 64.5 Å². The van der Waals surface area contributed by atoms with Crippen LogP contribution in [-0.2, 0) is 13.1 Å². The van der Waals surface area contributed by atoms with Crippen molar-refractivity contribution in [2.24, 2.45) is 0 Å². The van der Waals surface area contributed by atoms with Crippen molar-refractivity contribution in [3.8, 4) is 17.1 Å². The Kier molecular flexibility index (Phi) is 5.04. The van der Waals surface area contributed by atoms with E-state index in [4.69, 9.17) is 9.26 Å². The number of hydrogen-bond donors (Lipinski definition) is 0. The number of hydrogen-bond acceptors (Lipinski definition) is 5. The van der Waals surface area contributed by atoms with Crippen LogP contribution in [0.15, 0.2) is 57.5 Å². The first-order valence-corrected chi connectivity index (χ1v) is 9.46. The van der Waals surface area contributed by atoms with E-state index >= 15 is 0 Å². The molecule has 6 heteroatoms. The zero-order chi connectivity index (χ0) is 17.9. The minimum Gasteiger partial charge on any atom is -0.497 e. The molecule has 0 N–H and O–H groups in total. The topological polar surface area (TPSA) is 51.4 Å². The fraction of sp³-hybridized carbons (Fsp3) is 0.300. The third-order valence-electron chi connectivity index (χ3n) is 4.50. The lowest BCUT2D eigenvalue weighted by Crippen LogP contribution is -2.25. The summed E-state index contributed by atoms with van der Waals surface area (Å²) >= 11 is 3.48. The quantitative estimate of drug-likeness (QED) is 0.562. The fourth-order valence-electron chi connectivity index (χ4n) is 2.96. The SMILES string of the molecule is COc1ccc(CN(Cc2nc(-c3cccc(Br)c3)no2)C2CC2)cc1. The minimum atomic E-state index is 0.596. The van der Waals surface area contributed by atoms with Crippen LogP contribution < -0.4 is 4.74 Å². The lowest BCUT2D eigenvalue weighted by atomic mass is 10.2. The Morgan fingerprint density at radius 1 is 1.15 bits per heavy atom. The molecule has 0 amide bonds. The van der Waals surface area contributed by atoms with Crippen molar-refractivity contribution in [1.29, 1.82) is 0 Å². The molecule has 1 aliphatic carbocycles. The summed E-state index contributed by atoms with van der Waals surface area (Å²) < 4.78 is 11.7. The molecule has 1 fully saturated rings. The van der Waals surface area contributed by atoms with E-state index in [1.54, 1.807) is 7.11 Å². The van der Waals surface area contributed by atoms with Gasteiger partial charge in [-0.1, -0.05) is 45.4 Å². The molecule has 0 bridgehead atoms. The van der Waals surface area contributed by atoms with Gasteiger partial charge >= 0.3 is 0 Å². The zero-order valence-electron chi connectivity index (χ0n) is 14.6. The highest BCUT2D eigenvalue weighted by Crippen LogP contribution is 2.30. The van der Waals surface area contributed by atoms with Crippen molar-refractivity contribution < 1.29 is 9.26 Å². The predicted molar refractivity (Wildman–Crippen MR) is 103 cm³/mol. The van der Waals surface area contributed by atoms with Gasteiger partial charge in [0.15, 0.2) is 0 Å². The second-order valence-electron chi connectivity index (χ2n) is 6.51. The lowest BCUT2D eigenvalue weighted by molar-refractivity contribution is 0.209. The van der Waals surface area contributed by atoms with Crippen LogP contribution in [0, 0.1) is 0 Å². The van der Waals surface area contributed by atoms with E-state index in [1.165, 1.54) is 18.4 Å². The number of nitrogens with zero attached hydrogens (tertiary/aromatic N) is 3. The van der Waals surface area contributed by atoms with Crippen LogP contribution in [0.5, 0.6) is 5.75 Å². The molecular formula is C20H20BrN3O2. The van der Waals surface area contributed by atoms with Crippen molar-refractivity contribution in [2.45, 2.75) is 32.0 Å². The average Bonchev–Trinajstić information content (AvgIpc) is 3.41. The molecular weight excluding hydrogens is 394 g/mol. The summed E-state index contributed by atoms with van der Waals surface area (Å²) in [5.41, 5.74) is 2.20. The largest absolute Gasteiger partial charge is 0.497 e. The molecule has 1 aromatic heterocycles. The number of aromatic nitrogens is 2. The first kappa shape index (κ1) is 17.2. The van der Waals surface area contributed by atoms with Gasteiger partial charge in [0.2, 0.25) is 11.7 Å². The highest BCUT2D eigenvalue weighted by molar-refractivity contribution is 9.10. The number of rotatable bonds is 7. The Labute approximate surface area is 161 Å². The maximum atomic E-state index is 5.50. The summed E-state index contributed by atoms with van der Waals surface area (Å²) in [6.45, 7) is 1.53. The van der Waals surface area contributed by atoms with E-state index in [1.807, 2.05) is 36.4 Å². The van der Waals surface area contributed by atoms with Gasteiger partial charge in [0.1, 0.15) is 5.75 Å². The summed E-state index contributed by atoms with van der Waals surface area (Å²) in [7, 11) is 1.68. The molecule has 26 heavy (non-hydrogen) atoms. The summed E-state index contributed by atoms with van der Waals surface area (Å²) in [6.07, 6.45) is 2.45. The van der Waals surface area contributed by atoms with Crippen LogP contribution in [0.1, 0.15) is 24.3 Å². The van der Waals surface area contributed by atoms with E-state index < -0.39 is 0 Å². The molecule has 0 spiro atoms. The van der Waals surface area contributed by atoms with Crippen molar-refractivity contribution in [2.75, 3.05) is 7.11 Å². The Balaban J connectivity index is 1.47. The molecule has 0 aliphatic heterocycles. The number of methoxy groups -OCH3 is 1. The third kappa shape index (κ3) is 4.14. The Bertz CT molecular complexity index is 875. The van der Waals surface area contributed by atoms with Crippen LogP contribution in [0.2, 0.25) is 0 Å². The van der Waals surface area contributed by atoms with Gasteiger partial charge in [-0.2, -0.15) is 4.98 Å². The molecule has 2 aromatic carbocycles. The standard InChI is InChI=1S/C20H20BrN3O2/c1-25-18-9-5-14(6-10-18)12-24(17-7-8-17)13-19-22-20(23-26-19)15-3-2-4-16(21)11-15/h2-6,9-11,17H,7-8,12-13H2,1H3. The first-order valence-electron chi connectivity index (χ1n) is 8.67. The Morgan fingerprint density at radius 3 is 2.65 bits per heavy atom. The number of halogens is 1. The van der Waals surface area contributed by atoms with Crippen molar-refractivity contribution in [1.82, 2.24) is 15.0 Å². The van der Waals surface area contributed by atoms with Gasteiger partial charge in [-0.05, 0) is 42.7 Å². The second-order valence-corrected chi connectivity index (χ2v) is 7.42. The maximum absolute atomic E-state index is 5.50. The van der Waals surface area contributed by atoms with Gasteiger partial charge < -0.3 is 9.26 Å². The Hall–Kier alpha value is -2.18. The molecule has 0 radical (unpaired) electrons. The molecule has 0 unspecified atom stereocenters. The van der Waals surface area contributed by atoms with E-state index in [0.29, 0.717) is 24.3 Å². The van der Waals surface area contributed by atoms with Gasteiger partial charge in [0.05, 0.1) is 13.7 Å². The summed E-state index contributed by atoms with van der Waals surface area (Å²) in [4.78, 5) is 6.98. The van der Waals surface area contributed by atoms with E-state index in [-0.39, 0.29) is 0 Å². The van der Waals surface area contributed by atoms with E-state index in [2.05, 4.69) is 43.1 Å². The molecule has 1 saturated carbocycles. The molecule has 3 aromatic rings. The number of ether oxygens (including phenoxy) is 1. The highest BCUT2D eigenvalue weighted by Gasteiger charge is 2.30. The fourth-order valence-corrected chi connectivity index (χ4v) is 3.36. The first-order chi connectivity index (χ1) is 12.7. The van der Waals surface area contributed by atoms with E-state index in [0.717, 1.165) is 22.3 Å². The lowest BCUT2D eigenvalue weighted by Gasteiger charge is -2.20. The molecule has 4 rings (SSSR count). The van der Waals surface area contributed by atoms with Crippen molar-refractivity contribution in [3.63, 3.8) is 0 Å². The van der Waals surface area contributed by atoms with Gasteiger partial charge in [-0.3, -0.25) is 4.90 Å². The molecule has 1 aliphatic rings. The van der Waals surface area contributed by atoms with Gasteiger partial charge in [-0.15, -0.1) is 0 Å². The van der Waals surface area contributed by atoms with Crippen LogP contribution in [0.4, 0.5) is 0 Å². The van der Waals surface area contributed by atoms with Gasteiger partial charge in [0, 0.05) is 22.6 Å². The average molecular weight is 414 g/mol. The van der Waals surface area contributed by atoms with Crippen LogP contribution in [-0.4, -0.2) is 28.2 Å². The minimum absolute atomic E-state index is 0.596. The van der Waals surface area contributed by atoms with E-state index in [9.17, 15) is 0 Å². The molecule has 5 nitrogen and oxygen atoms in total. The molecule has 0 atom stereocenters. The van der Waals surface area contributed by atoms with Crippen LogP contribution in [0.25, 0.3) is 11.4 Å². The summed E-state index contributed by atoms with van der Waals surface area (Å²) in [6, 6.07) is 16.7. The second kappa shape index (κ2) is 7.60. The monoisotopic (exact) mass is 413 g/mol. The van der Waals surface area contributed by atoms with Gasteiger partial charge in [-0.25, -0.2) is 0 Å². The smallest absolute Gasteiger partial charge is 0.241 e. The van der Waals surface area contributed by atoms with Gasteiger partial charge in [0.25, 0.3) is 0 Å². The maximum Gasteiger partial charge on any atom is 0.241 e. The zero-order valence-corrected chi connectivity index (χ0v) is 16.1.